The minimum Gasteiger partial charge on any atom is -0.346 e. The van der Waals surface area contributed by atoms with Crippen LogP contribution in [0.5, 0.6) is 0 Å². The van der Waals surface area contributed by atoms with Crippen LogP contribution in [0.25, 0.3) is 0 Å². The third kappa shape index (κ3) is 3.76. The summed E-state index contributed by atoms with van der Waals surface area (Å²) < 4.78 is 0. The molecule has 1 aromatic rings. The smallest absolute Gasteiger partial charge is 0.244 e. The molecule has 1 aromatic carbocycles. The van der Waals surface area contributed by atoms with Gasteiger partial charge in [0, 0.05) is 5.02 Å². The fraction of sp³-hybridized carbons (Fsp3) is 0.250. The number of amides is 1. The van der Waals surface area contributed by atoms with Gasteiger partial charge in [0.1, 0.15) is 0 Å². The number of allylic oxidation sites excluding steroid dienone is 1. The molecule has 0 aliphatic heterocycles. The molecule has 2 nitrogen and oxygen atoms in total. The zero-order chi connectivity index (χ0) is 11.3. The highest BCUT2D eigenvalue weighted by Crippen LogP contribution is 2.15. The molecule has 1 rings (SSSR count). The van der Waals surface area contributed by atoms with E-state index in [9.17, 15) is 4.79 Å². The fourth-order valence-electron chi connectivity index (χ4n) is 1.25. The fourth-order valence-corrected chi connectivity index (χ4v) is 1.37. The lowest BCUT2D eigenvalue weighted by Gasteiger charge is -2.12. The van der Waals surface area contributed by atoms with Crippen molar-refractivity contribution in [3.63, 3.8) is 0 Å². The van der Waals surface area contributed by atoms with E-state index in [1.54, 1.807) is 6.08 Å². The van der Waals surface area contributed by atoms with E-state index >= 15 is 0 Å². The van der Waals surface area contributed by atoms with Crippen molar-refractivity contribution in [2.24, 2.45) is 0 Å². The minimum atomic E-state index is -0.0834. The number of hydrogen-bond acceptors (Lipinski definition) is 1. The van der Waals surface area contributed by atoms with Crippen molar-refractivity contribution in [1.29, 1.82) is 0 Å². The van der Waals surface area contributed by atoms with Gasteiger partial charge in [0.15, 0.2) is 0 Å². The summed E-state index contributed by atoms with van der Waals surface area (Å²) in [7, 11) is 0. The summed E-state index contributed by atoms with van der Waals surface area (Å²) in [5, 5.41) is 3.55. The summed E-state index contributed by atoms with van der Waals surface area (Å²) in [5.74, 6) is -0.0834. The SMILES string of the molecule is CC=CC(=O)NC(C)c1ccc(Cl)cc1. The van der Waals surface area contributed by atoms with Crippen LogP contribution in [-0.2, 0) is 4.79 Å². The van der Waals surface area contributed by atoms with Crippen LogP contribution in [0.1, 0.15) is 25.5 Å². The molecule has 1 atom stereocenters. The van der Waals surface area contributed by atoms with Crippen molar-refractivity contribution in [2.75, 3.05) is 0 Å². The first-order valence-corrected chi connectivity index (χ1v) is 5.20. The third-order valence-corrected chi connectivity index (χ3v) is 2.30. The molecule has 0 saturated carbocycles. The van der Waals surface area contributed by atoms with Gasteiger partial charge in [-0.05, 0) is 37.6 Å². The number of nitrogens with one attached hydrogen (secondary N) is 1. The predicted octanol–water partition coefficient (Wildman–Crippen LogP) is 3.09. The highest BCUT2D eigenvalue weighted by molar-refractivity contribution is 6.30. The summed E-state index contributed by atoms with van der Waals surface area (Å²) in [6, 6.07) is 7.43. The quantitative estimate of drug-likeness (QED) is 0.784. The third-order valence-electron chi connectivity index (χ3n) is 2.05. The molecule has 80 valence electrons. The van der Waals surface area contributed by atoms with Crippen LogP contribution >= 0.6 is 11.6 Å². The van der Waals surface area contributed by atoms with E-state index in [1.165, 1.54) is 6.08 Å². The van der Waals surface area contributed by atoms with E-state index in [1.807, 2.05) is 38.1 Å². The molecule has 0 radical (unpaired) electrons. The van der Waals surface area contributed by atoms with Gasteiger partial charge in [-0.15, -0.1) is 0 Å². The summed E-state index contributed by atoms with van der Waals surface area (Å²) in [6.07, 6.45) is 3.22. The lowest BCUT2D eigenvalue weighted by Crippen LogP contribution is -2.24. The van der Waals surface area contributed by atoms with Gasteiger partial charge in [0.2, 0.25) is 5.91 Å². The maximum Gasteiger partial charge on any atom is 0.244 e. The van der Waals surface area contributed by atoms with E-state index in [-0.39, 0.29) is 11.9 Å². The Hall–Kier alpha value is -1.28. The van der Waals surface area contributed by atoms with Crippen molar-refractivity contribution >= 4 is 17.5 Å². The Labute approximate surface area is 94.9 Å². The summed E-state index contributed by atoms with van der Waals surface area (Å²) in [4.78, 5) is 11.3. The molecule has 0 heterocycles. The number of carbonyl (C=O) groups excluding carboxylic acids is 1. The van der Waals surface area contributed by atoms with Crippen LogP contribution in [-0.4, -0.2) is 5.91 Å². The molecule has 3 heteroatoms. The van der Waals surface area contributed by atoms with Gasteiger partial charge in [0.25, 0.3) is 0 Å². The van der Waals surface area contributed by atoms with Crippen LogP contribution in [0.3, 0.4) is 0 Å². The molecule has 0 saturated heterocycles. The standard InChI is InChI=1S/C12H14ClNO/c1-3-4-12(15)14-9(2)10-5-7-11(13)8-6-10/h3-9H,1-2H3,(H,14,15). The molecule has 1 N–H and O–H groups in total. The first-order chi connectivity index (χ1) is 7.13. The summed E-state index contributed by atoms with van der Waals surface area (Å²) >= 11 is 5.77. The molecular weight excluding hydrogens is 210 g/mol. The monoisotopic (exact) mass is 223 g/mol. The number of rotatable bonds is 3. The average molecular weight is 224 g/mol. The summed E-state index contributed by atoms with van der Waals surface area (Å²) in [6.45, 7) is 3.75. The van der Waals surface area contributed by atoms with Crippen LogP contribution in [0, 0.1) is 0 Å². The van der Waals surface area contributed by atoms with Crippen molar-refractivity contribution in [3.8, 4) is 0 Å². The second-order valence-corrected chi connectivity index (χ2v) is 3.72. The number of hydrogen-bond donors (Lipinski definition) is 1. The maximum absolute atomic E-state index is 11.3. The van der Waals surface area contributed by atoms with Gasteiger partial charge < -0.3 is 5.32 Å². The van der Waals surface area contributed by atoms with E-state index in [2.05, 4.69) is 5.32 Å². The number of halogens is 1. The molecular formula is C12H14ClNO. The Morgan fingerprint density at radius 3 is 2.53 bits per heavy atom. The molecule has 15 heavy (non-hydrogen) atoms. The van der Waals surface area contributed by atoms with Gasteiger partial charge >= 0.3 is 0 Å². The molecule has 0 fully saturated rings. The number of carbonyl (C=O) groups is 1. The van der Waals surface area contributed by atoms with Crippen LogP contribution in [0.4, 0.5) is 0 Å². The zero-order valence-electron chi connectivity index (χ0n) is 8.83. The van der Waals surface area contributed by atoms with Crippen molar-refractivity contribution in [2.45, 2.75) is 19.9 Å². The normalized spacial score (nSPS) is 12.7. The van der Waals surface area contributed by atoms with E-state index < -0.39 is 0 Å². The van der Waals surface area contributed by atoms with Gasteiger partial charge in [-0.3, -0.25) is 4.79 Å². The Balaban J connectivity index is 2.64. The first-order valence-electron chi connectivity index (χ1n) is 4.82. The van der Waals surface area contributed by atoms with Crippen molar-refractivity contribution in [3.05, 3.63) is 47.0 Å². The Kier molecular flexibility index (Phi) is 4.37. The lowest BCUT2D eigenvalue weighted by atomic mass is 10.1. The second kappa shape index (κ2) is 5.56. The van der Waals surface area contributed by atoms with E-state index in [0.717, 1.165) is 5.56 Å². The largest absolute Gasteiger partial charge is 0.346 e. The topological polar surface area (TPSA) is 29.1 Å². The van der Waals surface area contributed by atoms with E-state index in [4.69, 9.17) is 11.6 Å². The van der Waals surface area contributed by atoms with Gasteiger partial charge in [-0.25, -0.2) is 0 Å². The van der Waals surface area contributed by atoms with Crippen molar-refractivity contribution < 1.29 is 4.79 Å². The summed E-state index contributed by atoms with van der Waals surface area (Å²) in [5.41, 5.74) is 1.04. The van der Waals surface area contributed by atoms with Crippen LogP contribution in [0.15, 0.2) is 36.4 Å². The molecule has 0 aliphatic rings. The second-order valence-electron chi connectivity index (χ2n) is 3.28. The highest BCUT2D eigenvalue weighted by Gasteiger charge is 2.06. The van der Waals surface area contributed by atoms with E-state index in [0.29, 0.717) is 5.02 Å². The molecule has 0 bridgehead atoms. The highest BCUT2D eigenvalue weighted by atomic mass is 35.5. The van der Waals surface area contributed by atoms with Gasteiger partial charge in [0.05, 0.1) is 6.04 Å². The average Bonchev–Trinajstić information content (AvgIpc) is 2.18. The van der Waals surface area contributed by atoms with Crippen molar-refractivity contribution in [1.82, 2.24) is 5.32 Å². The minimum absolute atomic E-state index is 0.00836. The molecule has 1 amide bonds. The van der Waals surface area contributed by atoms with Crippen LogP contribution < -0.4 is 5.32 Å². The maximum atomic E-state index is 11.3. The molecule has 1 unspecified atom stereocenters. The molecule has 0 spiro atoms. The Morgan fingerprint density at radius 1 is 1.40 bits per heavy atom. The van der Waals surface area contributed by atoms with Gasteiger partial charge in [-0.1, -0.05) is 29.8 Å². The number of benzene rings is 1. The Morgan fingerprint density at radius 2 is 2.00 bits per heavy atom. The molecule has 0 aliphatic carbocycles. The van der Waals surface area contributed by atoms with Crippen LogP contribution in [0.2, 0.25) is 5.02 Å². The van der Waals surface area contributed by atoms with Gasteiger partial charge in [-0.2, -0.15) is 0 Å². The molecule has 0 aromatic heterocycles. The zero-order valence-corrected chi connectivity index (χ0v) is 9.58. The lowest BCUT2D eigenvalue weighted by molar-refractivity contribution is -0.117. The predicted molar refractivity (Wildman–Crippen MR) is 62.8 cm³/mol. The first kappa shape index (κ1) is 11.8. The Bertz CT molecular complexity index is 356.